The van der Waals surface area contributed by atoms with Gasteiger partial charge in [0.1, 0.15) is 0 Å². The predicted molar refractivity (Wildman–Crippen MR) is 115 cm³/mol. The molecule has 6 nitrogen and oxygen atoms in total. The van der Waals surface area contributed by atoms with Crippen molar-refractivity contribution >= 4 is 28.6 Å². The lowest BCUT2D eigenvalue weighted by Crippen LogP contribution is -2.26. The second kappa shape index (κ2) is 9.89. The summed E-state index contributed by atoms with van der Waals surface area (Å²) in [6, 6.07) is 16.9. The summed E-state index contributed by atoms with van der Waals surface area (Å²) in [5.74, 6) is 0.00925. The number of nitriles is 1. The van der Waals surface area contributed by atoms with E-state index in [0.29, 0.717) is 41.1 Å². The summed E-state index contributed by atoms with van der Waals surface area (Å²) in [6.45, 7) is 3.05. The maximum absolute atomic E-state index is 13.1. The number of aryl methyl sites for hydroxylation is 1. The van der Waals surface area contributed by atoms with Crippen LogP contribution in [-0.2, 0) is 13.0 Å². The lowest BCUT2D eigenvalue weighted by molar-refractivity contribution is 0.0954. The normalized spacial score (nSPS) is 10.6. The average molecular weight is 407 g/mol. The van der Waals surface area contributed by atoms with Crippen LogP contribution in [0.3, 0.4) is 0 Å². The van der Waals surface area contributed by atoms with Crippen LogP contribution in [0.4, 0.5) is 0 Å². The van der Waals surface area contributed by atoms with E-state index in [0.717, 1.165) is 12.0 Å². The van der Waals surface area contributed by atoms with E-state index in [-0.39, 0.29) is 17.2 Å². The van der Waals surface area contributed by atoms with Crippen LogP contribution in [0.25, 0.3) is 10.9 Å². The van der Waals surface area contributed by atoms with Gasteiger partial charge in [-0.3, -0.25) is 14.2 Å². The van der Waals surface area contributed by atoms with Crippen LogP contribution in [-0.4, -0.2) is 27.8 Å². The van der Waals surface area contributed by atoms with Gasteiger partial charge in [-0.15, -0.1) is 0 Å². The first-order chi connectivity index (χ1) is 14.1. The van der Waals surface area contributed by atoms with Crippen molar-refractivity contribution in [3.8, 4) is 6.07 Å². The number of aromatic nitrogens is 2. The van der Waals surface area contributed by atoms with Crippen molar-refractivity contribution in [2.24, 2.45) is 0 Å². The Balaban J connectivity index is 1.98. The van der Waals surface area contributed by atoms with E-state index in [9.17, 15) is 9.59 Å². The van der Waals surface area contributed by atoms with Gasteiger partial charge in [0.05, 0.1) is 22.7 Å². The molecule has 1 aromatic heterocycles. The van der Waals surface area contributed by atoms with Gasteiger partial charge >= 0.3 is 0 Å². The van der Waals surface area contributed by atoms with Gasteiger partial charge in [0.2, 0.25) is 0 Å². The summed E-state index contributed by atoms with van der Waals surface area (Å²) in [7, 11) is 0. The fourth-order valence-electron chi connectivity index (χ4n) is 2.97. The second-order valence-corrected chi connectivity index (χ2v) is 7.46. The minimum absolute atomic E-state index is 0.160. The number of carbonyl (C=O) groups excluding carboxylic acids is 1. The molecule has 3 aromatic rings. The highest BCUT2D eigenvalue weighted by Crippen LogP contribution is 2.19. The van der Waals surface area contributed by atoms with E-state index >= 15 is 0 Å². The van der Waals surface area contributed by atoms with Crippen LogP contribution >= 0.6 is 11.8 Å². The average Bonchev–Trinajstić information content (AvgIpc) is 2.75. The van der Waals surface area contributed by atoms with Crippen LogP contribution in [0.15, 0.2) is 58.5 Å². The molecule has 0 saturated carbocycles. The molecule has 29 heavy (non-hydrogen) atoms. The van der Waals surface area contributed by atoms with Crippen molar-refractivity contribution in [2.45, 2.75) is 31.5 Å². The quantitative estimate of drug-likeness (QED) is 0.458. The molecule has 0 bridgehead atoms. The minimum atomic E-state index is -0.185. The number of nitrogens with zero attached hydrogens (tertiary/aromatic N) is 3. The molecule has 1 N–H and O–H groups in total. The number of fused-ring (bicyclic) bond motifs is 1. The molecular weight excluding hydrogens is 384 g/mol. The molecule has 0 radical (unpaired) electrons. The molecule has 0 unspecified atom stereocenters. The van der Waals surface area contributed by atoms with Crippen LogP contribution in [0.1, 0.15) is 29.3 Å². The first-order valence-corrected chi connectivity index (χ1v) is 10.5. The Morgan fingerprint density at radius 3 is 2.76 bits per heavy atom. The standard InChI is InChI=1S/C22H22N4O2S/c1-2-12-24-20(27)17-8-9-18-19(15-17)25-22(29-14-11-23)26(21(18)28)13-10-16-6-4-3-5-7-16/h3-9,15H,2,10,12-14H2,1H3,(H,24,27). The number of hydrogen-bond donors (Lipinski definition) is 1. The molecule has 148 valence electrons. The Bertz CT molecular complexity index is 1100. The van der Waals surface area contributed by atoms with Crippen molar-refractivity contribution in [1.82, 2.24) is 14.9 Å². The predicted octanol–water partition coefficient (Wildman–Crippen LogP) is 3.39. The zero-order chi connectivity index (χ0) is 20.6. The molecule has 3 rings (SSSR count). The molecule has 2 aromatic carbocycles. The number of thioether (sulfide) groups is 1. The second-order valence-electron chi connectivity index (χ2n) is 6.52. The van der Waals surface area contributed by atoms with E-state index < -0.39 is 0 Å². The third-order valence-corrected chi connectivity index (χ3v) is 5.29. The maximum atomic E-state index is 13.1. The Labute approximate surface area is 173 Å². The van der Waals surface area contributed by atoms with E-state index in [4.69, 9.17) is 5.26 Å². The summed E-state index contributed by atoms with van der Waals surface area (Å²) in [4.78, 5) is 30.0. The molecule has 0 aliphatic rings. The molecule has 0 saturated heterocycles. The fourth-order valence-corrected chi connectivity index (χ4v) is 3.66. The zero-order valence-electron chi connectivity index (χ0n) is 16.2. The van der Waals surface area contributed by atoms with Gasteiger partial charge in [0.25, 0.3) is 11.5 Å². The number of carbonyl (C=O) groups is 1. The number of amides is 1. The molecule has 0 spiro atoms. The molecule has 1 amide bonds. The largest absolute Gasteiger partial charge is 0.352 e. The van der Waals surface area contributed by atoms with Crippen molar-refractivity contribution in [3.63, 3.8) is 0 Å². The highest BCUT2D eigenvalue weighted by atomic mass is 32.2. The van der Waals surface area contributed by atoms with Gasteiger partial charge < -0.3 is 5.32 Å². The van der Waals surface area contributed by atoms with Crippen molar-refractivity contribution in [3.05, 3.63) is 70.0 Å². The lowest BCUT2D eigenvalue weighted by atomic mass is 10.1. The van der Waals surface area contributed by atoms with E-state index in [1.54, 1.807) is 22.8 Å². The highest BCUT2D eigenvalue weighted by Gasteiger charge is 2.14. The number of rotatable bonds is 8. The molecular formula is C22H22N4O2S. The molecule has 7 heteroatoms. The van der Waals surface area contributed by atoms with Gasteiger partial charge in [0.15, 0.2) is 5.16 Å². The zero-order valence-corrected chi connectivity index (χ0v) is 17.0. The SMILES string of the molecule is CCCNC(=O)c1ccc2c(=O)n(CCc3ccccc3)c(SCC#N)nc2c1. The highest BCUT2D eigenvalue weighted by molar-refractivity contribution is 7.99. The Hall–Kier alpha value is -3.11. The summed E-state index contributed by atoms with van der Waals surface area (Å²) in [5, 5.41) is 12.8. The lowest BCUT2D eigenvalue weighted by Gasteiger charge is -2.13. The Morgan fingerprint density at radius 2 is 2.03 bits per heavy atom. The van der Waals surface area contributed by atoms with Crippen molar-refractivity contribution in [1.29, 1.82) is 5.26 Å². The van der Waals surface area contributed by atoms with Gasteiger partial charge in [0, 0.05) is 18.7 Å². The third kappa shape index (κ3) is 5.04. The van der Waals surface area contributed by atoms with E-state index in [2.05, 4.69) is 16.4 Å². The van der Waals surface area contributed by atoms with Gasteiger partial charge in [-0.1, -0.05) is 49.0 Å². The molecule has 0 atom stereocenters. The fraction of sp³-hybridized carbons (Fsp3) is 0.273. The summed E-state index contributed by atoms with van der Waals surface area (Å²) >= 11 is 1.23. The Morgan fingerprint density at radius 1 is 1.24 bits per heavy atom. The molecule has 0 aliphatic carbocycles. The minimum Gasteiger partial charge on any atom is -0.352 e. The smallest absolute Gasteiger partial charge is 0.262 e. The number of hydrogen-bond acceptors (Lipinski definition) is 5. The first kappa shape index (κ1) is 20.6. The van der Waals surface area contributed by atoms with E-state index in [1.165, 1.54) is 11.8 Å². The van der Waals surface area contributed by atoms with Gasteiger partial charge in [-0.25, -0.2) is 4.98 Å². The maximum Gasteiger partial charge on any atom is 0.262 e. The number of nitrogens with one attached hydrogen (secondary N) is 1. The monoisotopic (exact) mass is 406 g/mol. The molecule has 0 aliphatic heterocycles. The van der Waals surface area contributed by atoms with Crippen LogP contribution in [0.2, 0.25) is 0 Å². The number of benzene rings is 2. The van der Waals surface area contributed by atoms with Gasteiger partial charge in [-0.2, -0.15) is 5.26 Å². The van der Waals surface area contributed by atoms with Crippen LogP contribution in [0, 0.1) is 11.3 Å². The van der Waals surface area contributed by atoms with Gasteiger partial charge in [-0.05, 0) is 36.6 Å². The van der Waals surface area contributed by atoms with Crippen LogP contribution < -0.4 is 10.9 Å². The van der Waals surface area contributed by atoms with Crippen molar-refractivity contribution < 1.29 is 4.79 Å². The van der Waals surface area contributed by atoms with Crippen LogP contribution in [0.5, 0.6) is 0 Å². The Kier molecular flexibility index (Phi) is 7.04. The van der Waals surface area contributed by atoms with E-state index in [1.807, 2.05) is 37.3 Å². The topological polar surface area (TPSA) is 87.8 Å². The summed E-state index contributed by atoms with van der Waals surface area (Å²) in [5.41, 5.74) is 1.90. The third-order valence-electron chi connectivity index (χ3n) is 4.45. The first-order valence-electron chi connectivity index (χ1n) is 9.50. The molecule has 1 heterocycles. The molecule has 0 fully saturated rings. The summed E-state index contributed by atoms with van der Waals surface area (Å²) < 4.78 is 1.62. The summed E-state index contributed by atoms with van der Waals surface area (Å²) in [6.07, 6.45) is 1.53. The van der Waals surface area contributed by atoms with Crippen molar-refractivity contribution in [2.75, 3.05) is 12.3 Å².